The molecule has 1 atom stereocenters. The molecule has 1 unspecified atom stereocenters. The van der Waals surface area contributed by atoms with Crippen molar-refractivity contribution in [3.8, 4) is 5.69 Å². The van der Waals surface area contributed by atoms with Gasteiger partial charge in [-0.2, -0.15) is 4.58 Å². The first-order chi connectivity index (χ1) is 25.3. The van der Waals surface area contributed by atoms with Crippen molar-refractivity contribution >= 4 is 77.2 Å². The average Bonchev–Trinajstić information content (AvgIpc) is 3.70. The third-order valence-corrected chi connectivity index (χ3v) is 11.1. The highest BCUT2D eigenvalue weighted by Crippen LogP contribution is 2.48. The fourth-order valence-corrected chi connectivity index (χ4v) is 8.91. The summed E-state index contributed by atoms with van der Waals surface area (Å²) >= 11 is 0. The van der Waals surface area contributed by atoms with Gasteiger partial charge in [-0.15, -0.1) is 0 Å². The van der Waals surface area contributed by atoms with Crippen LogP contribution in [0.5, 0.6) is 0 Å². The highest BCUT2D eigenvalue weighted by Gasteiger charge is 2.38. The lowest BCUT2D eigenvalue weighted by Crippen LogP contribution is -2.29. The fourth-order valence-electron chi connectivity index (χ4n) is 8.91. The van der Waals surface area contributed by atoms with Gasteiger partial charge < -0.3 is 9.13 Å². The van der Waals surface area contributed by atoms with Crippen LogP contribution in [0.2, 0.25) is 0 Å². The number of fused-ring (bicyclic) bond motifs is 11. The minimum absolute atomic E-state index is 0.418. The number of hydrogen-bond acceptors (Lipinski definition) is 0. The topological polar surface area (TPSA) is 12.9 Å². The SMILES string of the molecule is CC1CC=CC=C1n1c2ccccc2c2c3c4ccccc4n(-c4ccc([N+]5=C(c6ccccc6)c6ccccc65)cc4)c3c3ccccc3c21. The molecule has 2 aliphatic rings. The smallest absolute Gasteiger partial charge is 0.232 e. The van der Waals surface area contributed by atoms with E-state index in [4.69, 9.17) is 0 Å². The normalized spacial score (nSPS) is 15.6. The van der Waals surface area contributed by atoms with Gasteiger partial charge in [-0.1, -0.05) is 110 Å². The second-order valence-electron chi connectivity index (χ2n) is 13.9. The zero-order chi connectivity index (χ0) is 33.6. The molecular formula is C48H34N3+. The van der Waals surface area contributed by atoms with Crippen molar-refractivity contribution in [1.82, 2.24) is 13.7 Å². The van der Waals surface area contributed by atoms with Crippen LogP contribution >= 0.6 is 0 Å². The Balaban J connectivity index is 1.22. The summed E-state index contributed by atoms with van der Waals surface area (Å²) in [5.74, 6) is 0.418. The number of rotatable bonds is 4. The quantitative estimate of drug-likeness (QED) is 0.168. The van der Waals surface area contributed by atoms with Crippen molar-refractivity contribution in [2.45, 2.75) is 13.3 Å². The van der Waals surface area contributed by atoms with Crippen LogP contribution < -0.4 is 4.58 Å². The summed E-state index contributed by atoms with van der Waals surface area (Å²) in [6.45, 7) is 2.35. The zero-order valence-corrected chi connectivity index (χ0v) is 28.3. The Morgan fingerprint density at radius 1 is 0.549 bits per heavy atom. The number of allylic oxidation sites excluding steroid dienone is 4. The van der Waals surface area contributed by atoms with Crippen LogP contribution in [0.15, 0.2) is 170 Å². The van der Waals surface area contributed by atoms with Gasteiger partial charge in [0.1, 0.15) is 5.56 Å². The molecule has 0 fully saturated rings. The van der Waals surface area contributed by atoms with Crippen LogP contribution in [-0.2, 0) is 0 Å². The lowest BCUT2D eigenvalue weighted by molar-refractivity contribution is 0.725. The van der Waals surface area contributed by atoms with Crippen LogP contribution in [0.3, 0.4) is 0 Å². The number of nitrogens with zero attached hydrogens (tertiary/aromatic N) is 3. The molecule has 0 amide bonds. The zero-order valence-electron chi connectivity index (χ0n) is 28.3. The molecule has 0 spiro atoms. The van der Waals surface area contributed by atoms with Gasteiger partial charge in [-0.3, -0.25) is 0 Å². The number of hydrogen-bond donors (Lipinski definition) is 0. The summed E-state index contributed by atoms with van der Waals surface area (Å²) in [4.78, 5) is 0. The molecule has 11 rings (SSSR count). The summed E-state index contributed by atoms with van der Waals surface area (Å²) in [7, 11) is 0. The Bertz CT molecular complexity index is 2990. The molecule has 0 radical (unpaired) electrons. The molecule has 0 bridgehead atoms. The van der Waals surface area contributed by atoms with E-state index in [-0.39, 0.29) is 0 Å². The maximum absolute atomic E-state index is 2.56. The van der Waals surface area contributed by atoms with Gasteiger partial charge in [0.2, 0.25) is 17.1 Å². The van der Waals surface area contributed by atoms with E-state index in [2.05, 4.69) is 191 Å². The first-order valence-corrected chi connectivity index (χ1v) is 17.9. The first kappa shape index (κ1) is 28.4. The Labute approximate surface area is 295 Å². The standard InChI is InChI=1S/C48H34N3/c1-31-15-5-11-23-40(31)51-42-25-13-9-21-38(42)45-44-37-20-8-12-24-41(37)50(47(44)35-18-6-7-19-36(35)48(45)51)34-29-27-33(28-30-34)49-43-26-14-10-22-39(43)46(49)32-16-3-2-4-17-32/h2-14,16-31H,15H2,1H3/q+1. The van der Waals surface area contributed by atoms with Crippen molar-refractivity contribution in [3.05, 3.63) is 181 Å². The molecule has 3 nitrogen and oxygen atoms in total. The predicted molar refractivity (Wildman–Crippen MR) is 216 cm³/mol. The van der Waals surface area contributed by atoms with E-state index in [9.17, 15) is 0 Å². The summed E-state index contributed by atoms with van der Waals surface area (Å²) in [6, 6.07) is 55.6. The summed E-state index contributed by atoms with van der Waals surface area (Å²) in [6.07, 6.45) is 7.88. The van der Waals surface area contributed by atoms with Crippen LogP contribution in [0, 0.1) is 5.92 Å². The fraction of sp³-hybridized carbons (Fsp3) is 0.0625. The third-order valence-electron chi connectivity index (χ3n) is 11.1. The molecule has 240 valence electrons. The van der Waals surface area contributed by atoms with Gasteiger partial charge in [0.25, 0.3) is 0 Å². The maximum Gasteiger partial charge on any atom is 0.232 e. The molecule has 0 N–H and O–H groups in total. The van der Waals surface area contributed by atoms with Crippen LogP contribution in [0.25, 0.3) is 65.8 Å². The van der Waals surface area contributed by atoms with E-state index < -0.39 is 0 Å². The summed E-state index contributed by atoms with van der Waals surface area (Å²) in [5.41, 5.74) is 13.7. The van der Waals surface area contributed by atoms with Crippen molar-refractivity contribution in [2.75, 3.05) is 0 Å². The molecule has 3 heterocycles. The van der Waals surface area contributed by atoms with Crippen molar-refractivity contribution in [1.29, 1.82) is 0 Å². The Kier molecular flexibility index (Phi) is 6.00. The summed E-state index contributed by atoms with van der Waals surface area (Å²) < 4.78 is 7.46. The average molecular weight is 653 g/mol. The van der Waals surface area contributed by atoms with E-state index in [0.29, 0.717) is 5.92 Å². The molecule has 0 saturated heterocycles. The highest BCUT2D eigenvalue weighted by atomic mass is 15.1. The second-order valence-corrected chi connectivity index (χ2v) is 13.9. The van der Waals surface area contributed by atoms with Crippen molar-refractivity contribution < 1.29 is 0 Å². The molecule has 9 aromatic rings. The summed E-state index contributed by atoms with van der Waals surface area (Å²) in [5, 5.41) is 7.75. The van der Waals surface area contributed by atoms with Gasteiger partial charge in [0.05, 0.1) is 22.1 Å². The number of benzene rings is 7. The van der Waals surface area contributed by atoms with Gasteiger partial charge in [0.15, 0.2) is 0 Å². The second kappa shape index (κ2) is 10.8. The monoisotopic (exact) mass is 652 g/mol. The largest absolute Gasteiger partial charge is 0.312 e. The maximum atomic E-state index is 2.56. The molecule has 3 heteroatoms. The van der Waals surface area contributed by atoms with E-state index in [1.54, 1.807) is 0 Å². The van der Waals surface area contributed by atoms with E-state index in [0.717, 1.165) is 17.8 Å². The lowest BCUT2D eigenvalue weighted by atomic mass is 9.93. The third kappa shape index (κ3) is 3.92. The molecule has 2 aromatic heterocycles. The predicted octanol–water partition coefficient (Wildman–Crippen LogP) is 12.2. The molecule has 1 aliphatic carbocycles. The number of aromatic nitrogens is 2. The first-order valence-electron chi connectivity index (χ1n) is 17.9. The van der Waals surface area contributed by atoms with E-state index in [1.165, 1.54) is 82.6 Å². The van der Waals surface area contributed by atoms with Crippen molar-refractivity contribution in [2.24, 2.45) is 5.92 Å². The van der Waals surface area contributed by atoms with Gasteiger partial charge in [-0.25, -0.2) is 0 Å². The van der Waals surface area contributed by atoms with Crippen LogP contribution in [0.4, 0.5) is 11.4 Å². The molecule has 51 heavy (non-hydrogen) atoms. The van der Waals surface area contributed by atoms with Crippen molar-refractivity contribution in [3.63, 3.8) is 0 Å². The lowest BCUT2D eigenvalue weighted by Gasteiger charge is -2.21. The Morgan fingerprint density at radius 2 is 1.12 bits per heavy atom. The molecular weight excluding hydrogens is 619 g/mol. The Hall–Kier alpha value is -6.45. The van der Waals surface area contributed by atoms with Crippen LogP contribution in [0.1, 0.15) is 24.5 Å². The minimum Gasteiger partial charge on any atom is -0.312 e. The van der Waals surface area contributed by atoms with Gasteiger partial charge >= 0.3 is 0 Å². The highest BCUT2D eigenvalue weighted by molar-refractivity contribution is 6.37. The Morgan fingerprint density at radius 3 is 1.80 bits per heavy atom. The number of para-hydroxylation sites is 3. The minimum atomic E-state index is 0.418. The van der Waals surface area contributed by atoms with E-state index in [1.807, 2.05) is 0 Å². The molecule has 0 saturated carbocycles. The van der Waals surface area contributed by atoms with Crippen LogP contribution in [-0.4, -0.2) is 14.8 Å². The van der Waals surface area contributed by atoms with E-state index >= 15 is 0 Å². The molecule has 7 aromatic carbocycles. The van der Waals surface area contributed by atoms with Gasteiger partial charge in [0, 0.05) is 73.4 Å². The molecule has 1 aliphatic heterocycles. The van der Waals surface area contributed by atoms with Gasteiger partial charge in [-0.05, 0) is 55.0 Å².